The first-order valence-corrected chi connectivity index (χ1v) is 7.44. The van der Waals surface area contributed by atoms with E-state index in [1.807, 2.05) is 0 Å². The van der Waals surface area contributed by atoms with E-state index in [2.05, 4.69) is 21.2 Å². The highest BCUT2D eigenvalue weighted by Crippen LogP contribution is 2.34. The minimum absolute atomic E-state index is 0.254. The van der Waals surface area contributed by atoms with Crippen LogP contribution in [0.5, 0.6) is 0 Å². The molecule has 1 aromatic carbocycles. The summed E-state index contributed by atoms with van der Waals surface area (Å²) in [4.78, 5) is 12.1. The summed E-state index contributed by atoms with van der Waals surface area (Å²) < 4.78 is 39.2. The molecule has 2 atom stereocenters. The van der Waals surface area contributed by atoms with Crippen LogP contribution in [0.1, 0.15) is 41.6 Å². The molecule has 0 heterocycles. The molecule has 2 N–H and O–H groups in total. The third kappa shape index (κ3) is 3.97. The average molecular weight is 366 g/mol. The van der Waals surface area contributed by atoms with Crippen LogP contribution in [0.2, 0.25) is 0 Å². The molecule has 1 aliphatic rings. The van der Waals surface area contributed by atoms with Crippen molar-refractivity contribution in [3.63, 3.8) is 0 Å². The highest BCUT2D eigenvalue weighted by atomic mass is 79.9. The SMILES string of the molecule is O=C(N[C@@H]1CCCC[C@H]1O)c1ccc(Br)cc1C(F)(F)F. The zero-order valence-corrected chi connectivity index (χ0v) is 12.7. The number of aliphatic hydroxyl groups excluding tert-OH is 1. The summed E-state index contributed by atoms with van der Waals surface area (Å²) in [6, 6.07) is 2.92. The van der Waals surface area contributed by atoms with Gasteiger partial charge in [-0.3, -0.25) is 4.79 Å². The Morgan fingerprint density at radius 2 is 1.95 bits per heavy atom. The van der Waals surface area contributed by atoms with Crippen molar-refractivity contribution < 1.29 is 23.1 Å². The monoisotopic (exact) mass is 365 g/mol. The molecule has 0 radical (unpaired) electrons. The van der Waals surface area contributed by atoms with Crippen molar-refractivity contribution >= 4 is 21.8 Å². The minimum Gasteiger partial charge on any atom is -0.391 e. The zero-order valence-electron chi connectivity index (χ0n) is 11.1. The van der Waals surface area contributed by atoms with Crippen LogP contribution in [0.3, 0.4) is 0 Å². The van der Waals surface area contributed by atoms with Crippen LogP contribution < -0.4 is 5.32 Å². The Morgan fingerprint density at radius 3 is 2.57 bits per heavy atom. The van der Waals surface area contributed by atoms with Crippen LogP contribution in [0.15, 0.2) is 22.7 Å². The summed E-state index contributed by atoms with van der Waals surface area (Å²) in [5, 5.41) is 12.3. The summed E-state index contributed by atoms with van der Waals surface area (Å²) >= 11 is 2.97. The van der Waals surface area contributed by atoms with E-state index >= 15 is 0 Å². The van der Waals surface area contributed by atoms with Gasteiger partial charge in [-0.2, -0.15) is 13.2 Å². The second-order valence-electron chi connectivity index (χ2n) is 5.12. The summed E-state index contributed by atoms with van der Waals surface area (Å²) in [6.45, 7) is 0. The smallest absolute Gasteiger partial charge is 0.391 e. The number of hydrogen-bond donors (Lipinski definition) is 2. The van der Waals surface area contributed by atoms with Gasteiger partial charge in [0, 0.05) is 4.47 Å². The number of halogens is 4. The van der Waals surface area contributed by atoms with E-state index in [0.717, 1.165) is 25.0 Å². The molecule has 1 saturated carbocycles. The van der Waals surface area contributed by atoms with Gasteiger partial charge in [-0.25, -0.2) is 0 Å². The molecule has 1 aromatic rings. The first-order valence-electron chi connectivity index (χ1n) is 6.64. The number of hydrogen-bond acceptors (Lipinski definition) is 2. The number of alkyl halides is 3. The van der Waals surface area contributed by atoms with Gasteiger partial charge in [-0.1, -0.05) is 28.8 Å². The summed E-state index contributed by atoms with van der Waals surface area (Å²) in [5.41, 5.74) is -1.41. The molecule has 0 bridgehead atoms. The lowest BCUT2D eigenvalue weighted by Gasteiger charge is -2.28. The zero-order chi connectivity index (χ0) is 15.6. The predicted octanol–water partition coefficient (Wildman–Crippen LogP) is 3.50. The van der Waals surface area contributed by atoms with Gasteiger partial charge in [0.25, 0.3) is 5.91 Å². The molecule has 1 amide bonds. The first kappa shape index (κ1) is 16.3. The van der Waals surface area contributed by atoms with E-state index in [1.165, 1.54) is 6.07 Å². The summed E-state index contributed by atoms with van der Waals surface area (Å²) in [7, 11) is 0. The molecular formula is C14H15BrF3NO2. The van der Waals surface area contributed by atoms with Gasteiger partial charge in [0.05, 0.1) is 23.3 Å². The molecule has 0 spiro atoms. The lowest BCUT2D eigenvalue weighted by Crippen LogP contribution is -2.45. The van der Waals surface area contributed by atoms with Gasteiger partial charge < -0.3 is 10.4 Å². The van der Waals surface area contributed by atoms with Crippen molar-refractivity contribution in [2.24, 2.45) is 0 Å². The van der Waals surface area contributed by atoms with E-state index in [1.54, 1.807) is 0 Å². The second-order valence-corrected chi connectivity index (χ2v) is 6.04. The number of carbonyl (C=O) groups excluding carboxylic acids is 1. The predicted molar refractivity (Wildman–Crippen MR) is 74.9 cm³/mol. The standard InChI is InChI=1S/C14H15BrF3NO2/c15-8-5-6-9(10(7-8)14(16,17)18)13(21)19-11-3-1-2-4-12(11)20/h5-7,11-12,20H,1-4H2,(H,19,21)/t11-,12-/m1/s1. The largest absolute Gasteiger partial charge is 0.417 e. The van der Waals surface area contributed by atoms with Gasteiger partial charge in [0.1, 0.15) is 0 Å². The van der Waals surface area contributed by atoms with Crippen molar-refractivity contribution in [3.8, 4) is 0 Å². The molecular weight excluding hydrogens is 351 g/mol. The topological polar surface area (TPSA) is 49.3 Å². The Bertz CT molecular complexity index is 533. The first-order chi connectivity index (χ1) is 9.79. The summed E-state index contributed by atoms with van der Waals surface area (Å²) in [6.07, 6.45) is -2.48. The number of aliphatic hydroxyl groups is 1. The number of rotatable bonds is 2. The molecule has 1 fully saturated rings. The Kier molecular flexibility index (Phi) is 4.93. The normalized spacial score (nSPS) is 22.9. The molecule has 21 heavy (non-hydrogen) atoms. The van der Waals surface area contributed by atoms with Gasteiger partial charge in [0.2, 0.25) is 0 Å². The minimum atomic E-state index is -4.61. The fraction of sp³-hybridized carbons (Fsp3) is 0.500. The van der Waals surface area contributed by atoms with Crippen molar-refractivity contribution in [1.82, 2.24) is 5.32 Å². The van der Waals surface area contributed by atoms with E-state index in [9.17, 15) is 23.1 Å². The lowest BCUT2D eigenvalue weighted by molar-refractivity contribution is -0.138. The highest BCUT2D eigenvalue weighted by Gasteiger charge is 2.36. The average Bonchev–Trinajstić information content (AvgIpc) is 2.40. The molecule has 0 aromatic heterocycles. The Hall–Kier alpha value is -1.08. The van der Waals surface area contributed by atoms with E-state index in [4.69, 9.17) is 0 Å². The lowest BCUT2D eigenvalue weighted by atomic mass is 9.92. The molecule has 7 heteroatoms. The maximum Gasteiger partial charge on any atom is 0.417 e. The van der Waals surface area contributed by atoms with Crippen LogP contribution in [-0.4, -0.2) is 23.2 Å². The number of nitrogens with one attached hydrogen (secondary N) is 1. The Balaban J connectivity index is 2.23. The third-order valence-corrected chi connectivity index (χ3v) is 4.07. The van der Waals surface area contributed by atoms with Gasteiger partial charge in [0.15, 0.2) is 0 Å². The fourth-order valence-electron chi connectivity index (χ4n) is 2.47. The fourth-order valence-corrected chi connectivity index (χ4v) is 2.84. The quantitative estimate of drug-likeness (QED) is 0.842. The second kappa shape index (κ2) is 6.36. The van der Waals surface area contributed by atoms with Crippen molar-refractivity contribution in [3.05, 3.63) is 33.8 Å². The maximum absolute atomic E-state index is 13.0. The van der Waals surface area contributed by atoms with Crippen LogP contribution in [0.25, 0.3) is 0 Å². The summed E-state index contributed by atoms with van der Waals surface area (Å²) in [5.74, 6) is -0.805. The Labute approximate surface area is 128 Å². The number of amides is 1. The van der Waals surface area contributed by atoms with Crippen molar-refractivity contribution in [2.75, 3.05) is 0 Å². The van der Waals surface area contributed by atoms with E-state index in [-0.39, 0.29) is 4.47 Å². The maximum atomic E-state index is 13.0. The molecule has 2 rings (SSSR count). The number of benzene rings is 1. The molecule has 116 valence electrons. The van der Waals surface area contributed by atoms with Crippen LogP contribution >= 0.6 is 15.9 Å². The van der Waals surface area contributed by atoms with E-state index < -0.39 is 35.4 Å². The molecule has 0 unspecified atom stereocenters. The van der Waals surface area contributed by atoms with Crippen LogP contribution in [0, 0.1) is 0 Å². The third-order valence-electron chi connectivity index (χ3n) is 3.58. The van der Waals surface area contributed by atoms with Gasteiger partial charge >= 0.3 is 6.18 Å². The van der Waals surface area contributed by atoms with Gasteiger partial charge in [-0.15, -0.1) is 0 Å². The molecule has 1 aliphatic carbocycles. The molecule has 0 aliphatic heterocycles. The van der Waals surface area contributed by atoms with Gasteiger partial charge in [-0.05, 0) is 31.0 Å². The van der Waals surface area contributed by atoms with Crippen molar-refractivity contribution in [2.45, 2.75) is 44.0 Å². The molecule has 3 nitrogen and oxygen atoms in total. The van der Waals surface area contributed by atoms with E-state index in [0.29, 0.717) is 12.8 Å². The van der Waals surface area contributed by atoms with Crippen LogP contribution in [-0.2, 0) is 6.18 Å². The van der Waals surface area contributed by atoms with Crippen molar-refractivity contribution in [1.29, 1.82) is 0 Å². The molecule has 0 saturated heterocycles. The highest BCUT2D eigenvalue weighted by molar-refractivity contribution is 9.10. The Morgan fingerprint density at radius 1 is 1.29 bits per heavy atom. The number of carbonyl (C=O) groups is 1. The van der Waals surface area contributed by atoms with Crippen LogP contribution in [0.4, 0.5) is 13.2 Å².